The van der Waals surface area contributed by atoms with Crippen molar-refractivity contribution in [2.75, 3.05) is 5.75 Å². The summed E-state index contributed by atoms with van der Waals surface area (Å²) in [7, 11) is 0. The zero-order valence-electron chi connectivity index (χ0n) is 12.0. The molecule has 0 atom stereocenters. The van der Waals surface area contributed by atoms with Gasteiger partial charge in [0.2, 0.25) is 0 Å². The molecular formula is C17H18O2S. The number of thioether (sulfide) groups is 1. The second-order valence-electron chi connectivity index (χ2n) is 4.32. The van der Waals surface area contributed by atoms with Crippen LogP contribution in [0.2, 0.25) is 0 Å². The van der Waals surface area contributed by atoms with Gasteiger partial charge in [-0.05, 0) is 43.4 Å². The summed E-state index contributed by atoms with van der Waals surface area (Å²) in [5.41, 5.74) is 1.85. The first-order valence-corrected chi connectivity index (χ1v) is 7.68. The molecule has 0 saturated heterocycles. The van der Waals surface area contributed by atoms with Crippen molar-refractivity contribution in [3.8, 4) is 0 Å². The molecule has 1 aromatic heterocycles. The molecule has 20 heavy (non-hydrogen) atoms. The van der Waals surface area contributed by atoms with Crippen LogP contribution in [0.1, 0.15) is 26.3 Å². The third-order valence-corrected chi connectivity index (χ3v) is 3.86. The lowest BCUT2D eigenvalue weighted by atomic mass is 10.1. The van der Waals surface area contributed by atoms with Crippen LogP contribution in [-0.4, -0.2) is 5.75 Å². The van der Waals surface area contributed by atoms with Crippen molar-refractivity contribution < 1.29 is 4.42 Å². The summed E-state index contributed by atoms with van der Waals surface area (Å²) < 4.78 is 5.47. The van der Waals surface area contributed by atoms with Gasteiger partial charge in [-0.1, -0.05) is 31.2 Å². The van der Waals surface area contributed by atoms with E-state index in [1.54, 1.807) is 11.8 Å². The van der Waals surface area contributed by atoms with Gasteiger partial charge in [0.25, 0.3) is 0 Å². The minimum atomic E-state index is -0.289. The standard InChI is InChI=1S/C17H18O2S/c1-4-7-12(5-2)15-10-13-8-9-14(20-6-3)11-16(13)19-17(15)18/h4-5,7-11H,6H2,1-3H3/b7-4-,12-5+. The van der Waals surface area contributed by atoms with E-state index in [0.29, 0.717) is 11.1 Å². The summed E-state index contributed by atoms with van der Waals surface area (Å²) in [6, 6.07) is 7.89. The normalized spacial score (nSPS) is 12.4. The van der Waals surface area contributed by atoms with Gasteiger partial charge in [0.15, 0.2) is 0 Å². The summed E-state index contributed by atoms with van der Waals surface area (Å²) in [6.07, 6.45) is 5.75. The van der Waals surface area contributed by atoms with Crippen LogP contribution in [0, 0.1) is 0 Å². The number of benzene rings is 1. The summed E-state index contributed by atoms with van der Waals surface area (Å²) in [4.78, 5) is 13.3. The lowest BCUT2D eigenvalue weighted by molar-refractivity contribution is 0.558. The second-order valence-corrected chi connectivity index (χ2v) is 5.66. The highest BCUT2D eigenvalue weighted by molar-refractivity contribution is 7.99. The van der Waals surface area contributed by atoms with E-state index in [2.05, 4.69) is 13.0 Å². The molecule has 1 heterocycles. The molecule has 0 aliphatic heterocycles. The number of hydrogen-bond acceptors (Lipinski definition) is 3. The van der Waals surface area contributed by atoms with Crippen molar-refractivity contribution in [1.82, 2.24) is 0 Å². The predicted molar refractivity (Wildman–Crippen MR) is 87.3 cm³/mol. The molecule has 0 radical (unpaired) electrons. The maximum absolute atomic E-state index is 12.1. The first kappa shape index (κ1) is 14.7. The largest absolute Gasteiger partial charge is 0.422 e. The molecule has 0 spiro atoms. The first-order valence-electron chi connectivity index (χ1n) is 6.69. The average Bonchev–Trinajstić information content (AvgIpc) is 2.44. The van der Waals surface area contributed by atoms with Crippen molar-refractivity contribution in [1.29, 1.82) is 0 Å². The Kier molecular flexibility index (Phi) is 4.85. The number of fused-ring (bicyclic) bond motifs is 1. The van der Waals surface area contributed by atoms with E-state index < -0.39 is 0 Å². The minimum Gasteiger partial charge on any atom is -0.422 e. The van der Waals surface area contributed by atoms with Crippen LogP contribution in [0.5, 0.6) is 0 Å². The van der Waals surface area contributed by atoms with Gasteiger partial charge in [0, 0.05) is 10.3 Å². The van der Waals surface area contributed by atoms with Crippen LogP contribution in [0.25, 0.3) is 16.5 Å². The van der Waals surface area contributed by atoms with Gasteiger partial charge in [0.05, 0.1) is 5.56 Å². The van der Waals surface area contributed by atoms with Crippen LogP contribution in [0.3, 0.4) is 0 Å². The van der Waals surface area contributed by atoms with Gasteiger partial charge in [-0.25, -0.2) is 4.79 Å². The number of allylic oxidation sites excluding steroid dienone is 4. The third kappa shape index (κ3) is 3.05. The predicted octanol–water partition coefficient (Wildman–Crippen LogP) is 4.88. The average molecular weight is 286 g/mol. The van der Waals surface area contributed by atoms with Crippen molar-refractivity contribution in [2.24, 2.45) is 0 Å². The van der Waals surface area contributed by atoms with Gasteiger partial charge in [0.1, 0.15) is 5.58 Å². The molecule has 0 aliphatic carbocycles. The van der Waals surface area contributed by atoms with Crippen LogP contribution in [0.4, 0.5) is 0 Å². The van der Waals surface area contributed by atoms with Crippen LogP contribution in [0.15, 0.2) is 56.6 Å². The molecular weight excluding hydrogens is 268 g/mol. The maximum atomic E-state index is 12.1. The fourth-order valence-corrected chi connectivity index (χ4v) is 2.76. The van der Waals surface area contributed by atoms with Crippen molar-refractivity contribution >= 4 is 28.3 Å². The highest BCUT2D eigenvalue weighted by atomic mass is 32.2. The number of rotatable bonds is 4. The van der Waals surface area contributed by atoms with E-state index in [-0.39, 0.29) is 5.63 Å². The Balaban J connectivity index is 2.58. The smallest absolute Gasteiger partial charge is 0.344 e. The molecule has 2 aromatic rings. The summed E-state index contributed by atoms with van der Waals surface area (Å²) >= 11 is 1.73. The van der Waals surface area contributed by atoms with Crippen molar-refractivity contribution in [3.05, 3.63) is 58.5 Å². The Morgan fingerprint density at radius 3 is 2.75 bits per heavy atom. The van der Waals surface area contributed by atoms with Gasteiger partial charge < -0.3 is 4.42 Å². The Morgan fingerprint density at radius 1 is 1.30 bits per heavy atom. The van der Waals surface area contributed by atoms with Gasteiger partial charge in [-0.2, -0.15) is 0 Å². The molecule has 0 N–H and O–H groups in total. The Hall–Kier alpha value is -1.74. The molecule has 0 fully saturated rings. The lowest BCUT2D eigenvalue weighted by Crippen LogP contribution is -2.05. The molecule has 2 rings (SSSR count). The Bertz CT molecular complexity index is 723. The van der Waals surface area contributed by atoms with E-state index in [0.717, 1.165) is 21.6 Å². The van der Waals surface area contributed by atoms with Crippen LogP contribution < -0.4 is 5.63 Å². The highest BCUT2D eigenvalue weighted by Gasteiger charge is 2.08. The summed E-state index contributed by atoms with van der Waals surface area (Å²) in [6.45, 7) is 5.95. The van der Waals surface area contributed by atoms with Crippen LogP contribution in [-0.2, 0) is 0 Å². The highest BCUT2D eigenvalue weighted by Crippen LogP contribution is 2.24. The SMILES string of the molecule is C/C=C\C(=C/C)c1cc2ccc(SCC)cc2oc1=O. The first-order chi connectivity index (χ1) is 9.69. The minimum absolute atomic E-state index is 0.289. The van der Waals surface area contributed by atoms with Gasteiger partial charge >= 0.3 is 5.63 Å². The van der Waals surface area contributed by atoms with Gasteiger partial charge in [-0.3, -0.25) is 0 Å². The van der Waals surface area contributed by atoms with Crippen molar-refractivity contribution in [3.63, 3.8) is 0 Å². The van der Waals surface area contributed by atoms with Crippen molar-refractivity contribution in [2.45, 2.75) is 25.7 Å². The molecule has 1 aromatic carbocycles. The second kappa shape index (κ2) is 6.62. The topological polar surface area (TPSA) is 30.2 Å². The quantitative estimate of drug-likeness (QED) is 0.455. The molecule has 104 valence electrons. The fraction of sp³-hybridized carbons (Fsp3) is 0.235. The molecule has 3 heteroatoms. The summed E-state index contributed by atoms with van der Waals surface area (Å²) in [5, 5.41) is 0.948. The lowest BCUT2D eigenvalue weighted by Gasteiger charge is -2.04. The molecule has 0 amide bonds. The third-order valence-electron chi connectivity index (χ3n) is 2.99. The fourth-order valence-electron chi connectivity index (χ4n) is 2.07. The van der Waals surface area contributed by atoms with E-state index in [1.165, 1.54) is 0 Å². The Labute approximate surface area is 123 Å². The maximum Gasteiger partial charge on any atom is 0.344 e. The Morgan fingerprint density at radius 2 is 2.10 bits per heavy atom. The number of hydrogen-bond donors (Lipinski definition) is 0. The summed E-state index contributed by atoms with van der Waals surface area (Å²) in [5.74, 6) is 0.998. The van der Waals surface area contributed by atoms with E-state index >= 15 is 0 Å². The van der Waals surface area contributed by atoms with E-state index in [4.69, 9.17) is 4.42 Å². The molecule has 0 unspecified atom stereocenters. The monoisotopic (exact) mass is 286 g/mol. The zero-order valence-corrected chi connectivity index (χ0v) is 12.8. The molecule has 0 saturated carbocycles. The molecule has 0 bridgehead atoms. The van der Waals surface area contributed by atoms with E-state index in [1.807, 2.05) is 50.3 Å². The molecule has 0 aliphatic rings. The van der Waals surface area contributed by atoms with Crippen LogP contribution >= 0.6 is 11.8 Å². The molecule has 2 nitrogen and oxygen atoms in total. The zero-order chi connectivity index (χ0) is 14.5. The van der Waals surface area contributed by atoms with E-state index in [9.17, 15) is 4.79 Å². The van der Waals surface area contributed by atoms with Gasteiger partial charge in [-0.15, -0.1) is 11.8 Å².